The highest BCUT2D eigenvalue weighted by molar-refractivity contribution is 6.28. The number of furan rings is 1. The van der Waals surface area contributed by atoms with Crippen molar-refractivity contribution in [2.75, 3.05) is 11.9 Å². The zero-order valence-corrected chi connectivity index (χ0v) is 14.9. The normalized spacial score (nSPS) is 12.2. The Balaban J connectivity index is 0.00000225. The number of anilines is 1. The topological polar surface area (TPSA) is 102 Å². The van der Waals surface area contributed by atoms with E-state index in [2.05, 4.69) is 15.3 Å². The van der Waals surface area contributed by atoms with E-state index < -0.39 is 11.9 Å². The van der Waals surface area contributed by atoms with E-state index in [1.807, 2.05) is 0 Å². The first-order valence-corrected chi connectivity index (χ1v) is 7.72. The summed E-state index contributed by atoms with van der Waals surface area (Å²) < 4.78 is 21.7. The van der Waals surface area contributed by atoms with Crippen LogP contribution in [0.4, 0.5) is 10.2 Å². The summed E-state index contributed by atoms with van der Waals surface area (Å²) in [4.78, 5) is 8.19. The van der Waals surface area contributed by atoms with Crippen LogP contribution in [0.5, 0.6) is 0 Å². The van der Waals surface area contributed by atoms with E-state index in [4.69, 9.17) is 26.9 Å². The fraction of sp³-hybridized carbons (Fsp3) is 0.333. The van der Waals surface area contributed by atoms with Crippen molar-refractivity contribution in [2.45, 2.75) is 19.0 Å². The molecule has 0 aromatic carbocycles. The highest BCUT2D eigenvalue weighted by Crippen LogP contribution is 2.30. The Kier molecular flexibility index (Phi) is 6.23. The van der Waals surface area contributed by atoms with Crippen LogP contribution in [-0.4, -0.2) is 32.3 Å². The summed E-state index contributed by atoms with van der Waals surface area (Å²) in [7, 11) is 1.67. The van der Waals surface area contributed by atoms with Crippen molar-refractivity contribution in [3.8, 4) is 0 Å². The predicted molar refractivity (Wildman–Crippen MR) is 95.5 cm³/mol. The number of nitrogens with one attached hydrogen (secondary N) is 1. The molecule has 0 aliphatic carbocycles. The molecule has 1 unspecified atom stereocenters. The number of hydrogen-bond acceptors (Lipinski definition) is 6. The van der Waals surface area contributed by atoms with Crippen LogP contribution in [0, 0.1) is 5.82 Å². The molecule has 3 aromatic heterocycles. The highest BCUT2D eigenvalue weighted by atomic mass is 35.5. The number of hydrogen-bond donors (Lipinski definition) is 3. The minimum atomic E-state index is -0.564. The van der Waals surface area contributed by atoms with Gasteiger partial charge in [0.2, 0.25) is 5.28 Å². The van der Waals surface area contributed by atoms with Gasteiger partial charge in [-0.1, -0.05) is 0 Å². The first-order valence-electron chi connectivity index (χ1n) is 7.34. The quantitative estimate of drug-likeness (QED) is 0.558. The molecule has 0 aliphatic rings. The molecule has 1 atom stereocenters. The van der Waals surface area contributed by atoms with Gasteiger partial charge in [-0.2, -0.15) is 9.97 Å². The van der Waals surface area contributed by atoms with Gasteiger partial charge in [0.05, 0.1) is 30.5 Å². The number of nitrogens with zero attached hydrogens (tertiary/aromatic N) is 3. The number of aryl methyl sites for hydroxylation is 1. The maximum atomic E-state index is 14.9. The molecule has 0 fully saturated rings. The number of halogens is 3. The van der Waals surface area contributed by atoms with Gasteiger partial charge in [0.25, 0.3) is 0 Å². The molecule has 4 N–H and O–H groups in total. The second-order valence-electron chi connectivity index (χ2n) is 5.44. The lowest BCUT2D eigenvalue weighted by Crippen LogP contribution is -2.28. The van der Waals surface area contributed by atoms with Crippen LogP contribution in [0.2, 0.25) is 5.28 Å². The number of aromatic nitrogens is 3. The summed E-state index contributed by atoms with van der Waals surface area (Å²) >= 11 is 5.96. The van der Waals surface area contributed by atoms with Crippen LogP contribution >= 0.6 is 24.0 Å². The van der Waals surface area contributed by atoms with Gasteiger partial charge in [0.1, 0.15) is 17.2 Å². The maximum absolute atomic E-state index is 14.9. The van der Waals surface area contributed by atoms with Crippen molar-refractivity contribution in [3.63, 3.8) is 0 Å². The first-order chi connectivity index (χ1) is 11.5. The fourth-order valence-electron chi connectivity index (χ4n) is 2.54. The third-order valence-electron chi connectivity index (χ3n) is 3.76. The summed E-state index contributed by atoms with van der Waals surface area (Å²) in [6.07, 6.45) is 1.72. The maximum Gasteiger partial charge on any atom is 0.226 e. The molecule has 7 nitrogen and oxygen atoms in total. The smallest absolute Gasteiger partial charge is 0.226 e. The molecule has 0 spiro atoms. The van der Waals surface area contributed by atoms with Crippen LogP contribution in [0.15, 0.2) is 22.8 Å². The van der Waals surface area contributed by atoms with Crippen molar-refractivity contribution >= 4 is 40.9 Å². The van der Waals surface area contributed by atoms with E-state index in [9.17, 15) is 4.39 Å². The molecule has 136 valence electrons. The SMILES string of the molecule is Cl.Cn1c(CC(N)CO)c(F)c2c(NCc3ccco3)nc(Cl)nc21. The molecule has 0 bridgehead atoms. The highest BCUT2D eigenvalue weighted by Gasteiger charge is 2.22. The second kappa shape index (κ2) is 8.01. The molecule has 3 heterocycles. The number of nitrogens with two attached hydrogens (primary N) is 1. The van der Waals surface area contributed by atoms with E-state index in [-0.39, 0.29) is 41.9 Å². The largest absolute Gasteiger partial charge is 0.467 e. The van der Waals surface area contributed by atoms with Crippen molar-refractivity contribution < 1.29 is 13.9 Å². The van der Waals surface area contributed by atoms with Crippen LogP contribution in [0.1, 0.15) is 11.5 Å². The average Bonchev–Trinajstić information content (AvgIpc) is 3.16. The lowest BCUT2D eigenvalue weighted by molar-refractivity contribution is 0.263. The molecular weight excluding hydrogens is 372 g/mol. The van der Waals surface area contributed by atoms with Gasteiger partial charge in [-0.05, 0) is 23.7 Å². The van der Waals surface area contributed by atoms with Gasteiger partial charge >= 0.3 is 0 Å². The molecule has 0 saturated carbocycles. The summed E-state index contributed by atoms with van der Waals surface area (Å²) in [6.45, 7) is 0.0895. The monoisotopic (exact) mass is 389 g/mol. The van der Waals surface area contributed by atoms with Crippen molar-refractivity contribution in [3.05, 3.63) is 41.0 Å². The summed E-state index contributed by atoms with van der Waals surface area (Å²) in [6, 6.07) is 2.99. The number of aliphatic hydroxyl groups is 1. The molecule has 10 heteroatoms. The minimum Gasteiger partial charge on any atom is -0.467 e. The molecule has 3 rings (SSSR count). The van der Waals surface area contributed by atoms with Gasteiger partial charge in [0.15, 0.2) is 5.82 Å². The average molecular weight is 390 g/mol. The van der Waals surface area contributed by atoms with Crippen molar-refractivity contribution in [2.24, 2.45) is 12.8 Å². The van der Waals surface area contributed by atoms with Crippen molar-refractivity contribution in [1.82, 2.24) is 14.5 Å². The summed E-state index contributed by atoms with van der Waals surface area (Å²) in [5, 5.41) is 12.4. The van der Waals surface area contributed by atoms with E-state index in [1.165, 1.54) is 0 Å². The molecule has 0 amide bonds. The molecule has 0 aliphatic heterocycles. The van der Waals surface area contributed by atoms with E-state index in [0.717, 1.165) is 0 Å². The number of rotatable bonds is 6. The number of fused-ring (bicyclic) bond motifs is 1. The van der Waals surface area contributed by atoms with Crippen LogP contribution < -0.4 is 11.1 Å². The van der Waals surface area contributed by atoms with Gasteiger partial charge < -0.3 is 25.1 Å². The van der Waals surface area contributed by atoms with Crippen LogP contribution in [0.25, 0.3) is 11.0 Å². The Morgan fingerprint density at radius 2 is 2.24 bits per heavy atom. The Morgan fingerprint density at radius 3 is 2.88 bits per heavy atom. The van der Waals surface area contributed by atoms with Crippen LogP contribution in [-0.2, 0) is 20.0 Å². The lowest BCUT2D eigenvalue weighted by atomic mass is 10.1. The lowest BCUT2D eigenvalue weighted by Gasteiger charge is -2.08. The van der Waals surface area contributed by atoms with Gasteiger partial charge in [-0.25, -0.2) is 4.39 Å². The Morgan fingerprint density at radius 1 is 1.48 bits per heavy atom. The molecule has 25 heavy (non-hydrogen) atoms. The predicted octanol–water partition coefficient (Wildman–Crippen LogP) is 2.25. The van der Waals surface area contributed by atoms with E-state index in [0.29, 0.717) is 23.6 Å². The first kappa shape index (κ1) is 19.5. The Bertz CT molecular complexity index is 854. The van der Waals surface area contributed by atoms with E-state index in [1.54, 1.807) is 30.0 Å². The fourth-order valence-corrected chi connectivity index (χ4v) is 2.70. The third-order valence-corrected chi connectivity index (χ3v) is 3.93. The standard InChI is InChI=1S/C15H17ClFN5O2.ClH/c1-22-10(5-8(18)7-23)12(17)11-13(20-15(16)21-14(11)22)19-6-9-3-2-4-24-9;/h2-4,8,23H,5-7,18H2,1H3,(H,19,20,21);1H. The molecule has 3 aromatic rings. The number of aliphatic hydroxyl groups excluding tert-OH is 1. The Labute approximate surface area is 154 Å². The van der Waals surface area contributed by atoms with Gasteiger partial charge in [-0.3, -0.25) is 0 Å². The zero-order chi connectivity index (χ0) is 17.3. The third kappa shape index (κ3) is 3.87. The van der Waals surface area contributed by atoms with E-state index >= 15 is 0 Å². The summed E-state index contributed by atoms with van der Waals surface area (Å²) in [5.74, 6) is 0.477. The Hall–Kier alpha value is -1.87. The molecular formula is C15H18Cl2FN5O2. The van der Waals surface area contributed by atoms with Crippen molar-refractivity contribution in [1.29, 1.82) is 0 Å². The van der Waals surface area contributed by atoms with Gasteiger partial charge in [0, 0.05) is 19.5 Å². The zero-order valence-electron chi connectivity index (χ0n) is 13.4. The molecule has 0 radical (unpaired) electrons. The summed E-state index contributed by atoms with van der Waals surface area (Å²) in [5.41, 5.74) is 6.43. The molecule has 0 saturated heterocycles. The van der Waals surface area contributed by atoms with Crippen LogP contribution in [0.3, 0.4) is 0 Å². The minimum absolute atomic E-state index is 0. The second-order valence-corrected chi connectivity index (χ2v) is 5.78. The van der Waals surface area contributed by atoms with Gasteiger partial charge in [-0.15, -0.1) is 12.4 Å².